The Morgan fingerprint density at radius 2 is 1.39 bits per heavy atom. The Bertz CT molecular complexity index is 1000. The molecule has 2 unspecified atom stereocenters. The van der Waals surface area contributed by atoms with Crippen molar-refractivity contribution in [3.8, 4) is 11.1 Å². The smallest absolute Gasteiger partial charge is 0.304 e. The van der Waals surface area contributed by atoms with E-state index in [1.54, 1.807) is 0 Å². The van der Waals surface area contributed by atoms with E-state index in [-0.39, 0.29) is 18.9 Å². The van der Waals surface area contributed by atoms with Crippen molar-refractivity contribution in [2.75, 3.05) is 6.61 Å². The van der Waals surface area contributed by atoms with E-state index in [1.165, 1.54) is 0 Å². The van der Waals surface area contributed by atoms with E-state index in [9.17, 15) is 19.8 Å². The summed E-state index contributed by atoms with van der Waals surface area (Å²) in [5.74, 6) is -1.94. The van der Waals surface area contributed by atoms with Crippen LogP contribution in [0.1, 0.15) is 30.4 Å². The third-order valence-corrected chi connectivity index (χ3v) is 5.76. The van der Waals surface area contributed by atoms with Gasteiger partial charge in [-0.05, 0) is 47.9 Å². The van der Waals surface area contributed by atoms with E-state index in [4.69, 9.17) is 0 Å². The van der Waals surface area contributed by atoms with E-state index in [0.29, 0.717) is 19.3 Å². The molecular formula is C28H31NO4. The second-order valence-corrected chi connectivity index (χ2v) is 8.33. The SMILES string of the molecule is O=C(O)CC(CCCc1ccc(-c2ccccc2)cc1)C(=O)NC(CO)Cc1ccccc1. The Labute approximate surface area is 195 Å². The Morgan fingerprint density at radius 3 is 2.00 bits per heavy atom. The first-order valence-electron chi connectivity index (χ1n) is 11.4. The van der Waals surface area contributed by atoms with Gasteiger partial charge in [0.15, 0.2) is 0 Å². The fraction of sp³-hybridized carbons (Fsp3) is 0.286. The van der Waals surface area contributed by atoms with Gasteiger partial charge in [0.25, 0.3) is 0 Å². The van der Waals surface area contributed by atoms with Crippen molar-refractivity contribution >= 4 is 11.9 Å². The van der Waals surface area contributed by atoms with Gasteiger partial charge in [0.05, 0.1) is 19.1 Å². The summed E-state index contributed by atoms with van der Waals surface area (Å²) in [6.45, 7) is -0.200. The molecule has 1 amide bonds. The number of aliphatic hydroxyl groups is 1. The summed E-state index contributed by atoms with van der Waals surface area (Å²) >= 11 is 0. The Balaban J connectivity index is 1.54. The van der Waals surface area contributed by atoms with Crippen LogP contribution in [0, 0.1) is 5.92 Å². The molecule has 0 aliphatic carbocycles. The van der Waals surface area contributed by atoms with E-state index in [0.717, 1.165) is 28.7 Å². The normalized spacial score (nSPS) is 12.6. The van der Waals surface area contributed by atoms with Crippen LogP contribution in [0.25, 0.3) is 11.1 Å². The number of aryl methyl sites for hydroxylation is 1. The lowest BCUT2D eigenvalue weighted by atomic mass is 9.94. The van der Waals surface area contributed by atoms with E-state index in [1.807, 2.05) is 48.5 Å². The standard InChI is InChI=1S/C28H31NO4/c30-20-26(18-22-8-3-1-4-9-22)29-28(33)25(19-27(31)32)13-7-10-21-14-16-24(17-15-21)23-11-5-2-6-12-23/h1-6,8-9,11-12,14-17,25-26,30H,7,10,13,18-20H2,(H,29,33)(H,31,32). The largest absolute Gasteiger partial charge is 0.481 e. The number of amides is 1. The van der Waals surface area contributed by atoms with Crippen molar-refractivity contribution in [3.05, 3.63) is 96.1 Å². The van der Waals surface area contributed by atoms with Crippen molar-refractivity contribution in [1.29, 1.82) is 0 Å². The fourth-order valence-electron chi connectivity index (χ4n) is 3.96. The van der Waals surface area contributed by atoms with Crippen molar-refractivity contribution < 1.29 is 19.8 Å². The number of rotatable bonds is 12. The van der Waals surface area contributed by atoms with Gasteiger partial charge in [-0.25, -0.2) is 0 Å². The molecule has 0 bridgehead atoms. The van der Waals surface area contributed by atoms with Gasteiger partial charge in [0.2, 0.25) is 5.91 Å². The minimum atomic E-state index is -0.994. The zero-order valence-corrected chi connectivity index (χ0v) is 18.7. The van der Waals surface area contributed by atoms with E-state index in [2.05, 4.69) is 41.7 Å². The minimum Gasteiger partial charge on any atom is -0.481 e. The lowest BCUT2D eigenvalue weighted by Crippen LogP contribution is -2.42. The minimum absolute atomic E-state index is 0.200. The summed E-state index contributed by atoms with van der Waals surface area (Å²) in [5.41, 5.74) is 4.47. The van der Waals surface area contributed by atoms with Gasteiger partial charge in [-0.15, -0.1) is 0 Å². The number of aliphatic carboxylic acids is 1. The van der Waals surface area contributed by atoms with Crippen molar-refractivity contribution in [1.82, 2.24) is 5.32 Å². The molecule has 0 saturated heterocycles. The predicted molar refractivity (Wildman–Crippen MR) is 130 cm³/mol. The number of aliphatic hydroxyl groups excluding tert-OH is 1. The first-order valence-corrected chi connectivity index (χ1v) is 11.4. The first kappa shape index (κ1) is 24.2. The van der Waals surface area contributed by atoms with Crippen molar-refractivity contribution in [3.63, 3.8) is 0 Å². The second kappa shape index (κ2) is 12.6. The molecule has 33 heavy (non-hydrogen) atoms. The summed E-state index contributed by atoms with van der Waals surface area (Å²) in [6.07, 6.45) is 2.23. The van der Waals surface area contributed by atoms with Crippen LogP contribution in [0.15, 0.2) is 84.9 Å². The average Bonchev–Trinajstić information content (AvgIpc) is 2.84. The number of hydrogen-bond acceptors (Lipinski definition) is 3. The summed E-state index contributed by atoms with van der Waals surface area (Å²) in [5, 5.41) is 21.8. The van der Waals surface area contributed by atoms with Crippen LogP contribution in [-0.2, 0) is 22.4 Å². The number of hydrogen-bond donors (Lipinski definition) is 3. The molecule has 2 atom stereocenters. The van der Waals surface area contributed by atoms with Gasteiger partial charge in [0, 0.05) is 5.92 Å². The quantitative estimate of drug-likeness (QED) is 0.383. The molecule has 3 N–H and O–H groups in total. The van der Waals surface area contributed by atoms with E-state index >= 15 is 0 Å². The zero-order valence-electron chi connectivity index (χ0n) is 18.7. The highest BCUT2D eigenvalue weighted by molar-refractivity contribution is 5.83. The third kappa shape index (κ3) is 7.88. The van der Waals surface area contributed by atoms with Gasteiger partial charge < -0.3 is 15.5 Å². The molecule has 3 aromatic carbocycles. The molecule has 0 aliphatic rings. The van der Waals surface area contributed by atoms with Crippen LogP contribution in [0.3, 0.4) is 0 Å². The van der Waals surface area contributed by atoms with Crippen LogP contribution in [0.2, 0.25) is 0 Å². The molecule has 0 fully saturated rings. The van der Waals surface area contributed by atoms with Crippen LogP contribution >= 0.6 is 0 Å². The highest BCUT2D eigenvalue weighted by Crippen LogP contribution is 2.21. The maximum absolute atomic E-state index is 12.8. The molecule has 0 radical (unpaired) electrons. The number of carboxylic acid groups (broad SMARTS) is 1. The molecule has 3 rings (SSSR count). The molecule has 5 nitrogen and oxygen atoms in total. The Hall–Kier alpha value is -3.44. The van der Waals surface area contributed by atoms with Crippen molar-refractivity contribution in [2.24, 2.45) is 5.92 Å². The number of nitrogens with one attached hydrogen (secondary N) is 1. The van der Waals surface area contributed by atoms with E-state index < -0.39 is 17.9 Å². The maximum atomic E-state index is 12.8. The molecule has 3 aromatic rings. The second-order valence-electron chi connectivity index (χ2n) is 8.33. The number of carbonyl (C=O) groups is 2. The summed E-state index contributed by atoms with van der Waals surface area (Å²) < 4.78 is 0. The summed E-state index contributed by atoms with van der Waals surface area (Å²) in [6, 6.07) is 27.6. The van der Waals surface area contributed by atoms with Crippen LogP contribution < -0.4 is 5.32 Å². The summed E-state index contributed by atoms with van der Waals surface area (Å²) in [7, 11) is 0. The molecule has 0 heterocycles. The summed E-state index contributed by atoms with van der Waals surface area (Å²) in [4.78, 5) is 24.1. The van der Waals surface area contributed by atoms with Crippen molar-refractivity contribution in [2.45, 2.75) is 38.1 Å². The maximum Gasteiger partial charge on any atom is 0.304 e. The fourth-order valence-corrected chi connectivity index (χ4v) is 3.96. The number of carbonyl (C=O) groups excluding carboxylic acids is 1. The molecule has 0 aromatic heterocycles. The lowest BCUT2D eigenvalue weighted by Gasteiger charge is -2.21. The number of carboxylic acids is 1. The molecule has 0 spiro atoms. The topological polar surface area (TPSA) is 86.6 Å². The monoisotopic (exact) mass is 445 g/mol. The van der Waals surface area contributed by atoms with Gasteiger partial charge in [-0.3, -0.25) is 9.59 Å². The molecule has 0 aliphatic heterocycles. The highest BCUT2D eigenvalue weighted by atomic mass is 16.4. The molecule has 172 valence electrons. The number of benzene rings is 3. The highest BCUT2D eigenvalue weighted by Gasteiger charge is 2.23. The van der Waals surface area contributed by atoms with Gasteiger partial charge >= 0.3 is 5.97 Å². The molecule has 5 heteroatoms. The first-order chi connectivity index (χ1) is 16.0. The third-order valence-electron chi connectivity index (χ3n) is 5.76. The molecular weight excluding hydrogens is 414 g/mol. The van der Waals surface area contributed by atoms with Crippen LogP contribution in [0.4, 0.5) is 0 Å². The van der Waals surface area contributed by atoms with Gasteiger partial charge in [0.1, 0.15) is 0 Å². The van der Waals surface area contributed by atoms with Gasteiger partial charge in [-0.1, -0.05) is 84.9 Å². The Kier molecular flexibility index (Phi) is 9.21. The average molecular weight is 446 g/mol. The van der Waals surface area contributed by atoms with Crippen LogP contribution in [0.5, 0.6) is 0 Å². The zero-order chi connectivity index (χ0) is 23.5. The van der Waals surface area contributed by atoms with Crippen LogP contribution in [-0.4, -0.2) is 34.7 Å². The van der Waals surface area contributed by atoms with Gasteiger partial charge in [-0.2, -0.15) is 0 Å². The molecule has 0 saturated carbocycles. The lowest BCUT2D eigenvalue weighted by molar-refractivity contribution is -0.141. The predicted octanol–water partition coefficient (Wildman–Crippen LogP) is 4.49. The Morgan fingerprint density at radius 1 is 0.788 bits per heavy atom.